The molecule has 0 radical (unpaired) electrons. The monoisotopic (exact) mass is 214 g/mol. The van der Waals surface area contributed by atoms with Crippen LogP contribution in [-0.4, -0.2) is 23.7 Å². The van der Waals surface area contributed by atoms with Crippen LogP contribution in [0.25, 0.3) is 0 Å². The van der Waals surface area contributed by atoms with E-state index in [1.54, 1.807) is 11.3 Å². The van der Waals surface area contributed by atoms with E-state index in [-0.39, 0.29) is 0 Å². The van der Waals surface area contributed by atoms with E-state index in [1.165, 1.54) is 11.1 Å². The molecule has 0 saturated carbocycles. The molecule has 0 aromatic carbocycles. The van der Waals surface area contributed by atoms with Gasteiger partial charge in [-0.3, -0.25) is 4.79 Å². The van der Waals surface area contributed by atoms with Gasteiger partial charge >= 0.3 is 5.97 Å². The Morgan fingerprint density at radius 2 is 2.43 bits per heavy atom. The molecule has 0 aliphatic heterocycles. The fourth-order valence-electron chi connectivity index (χ4n) is 1.02. The summed E-state index contributed by atoms with van der Waals surface area (Å²) in [6, 6.07) is -0.825. The fourth-order valence-corrected chi connectivity index (χ4v) is 1.87. The third-order valence-electron chi connectivity index (χ3n) is 1.96. The molecular formula is C9H14N2O2S. The minimum atomic E-state index is -0.973. The van der Waals surface area contributed by atoms with Gasteiger partial charge in [0.2, 0.25) is 0 Å². The minimum absolute atomic E-state index is 0.296. The molecule has 1 atom stereocenters. The van der Waals surface area contributed by atoms with E-state index in [0.29, 0.717) is 13.1 Å². The second-order valence-electron chi connectivity index (χ2n) is 3.16. The summed E-state index contributed by atoms with van der Waals surface area (Å²) in [5, 5.41) is 15.7. The van der Waals surface area contributed by atoms with E-state index in [9.17, 15) is 4.79 Å². The Morgan fingerprint density at radius 3 is 2.93 bits per heavy atom. The van der Waals surface area contributed by atoms with Crippen molar-refractivity contribution in [3.63, 3.8) is 0 Å². The molecule has 1 rings (SSSR count). The Hall–Kier alpha value is -0.910. The van der Waals surface area contributed by atoms with E-state index in [2.05, 4.69) is 16.1 Å². The number of nitrogens with one attached hydrogen (secondary N) is 1. The molecule has 14 heavy (non-hydrogen) atoms. The topological polar surface area (TPSA) is 75.3 Å². The van der Waals surface area contributed by atoms with Crippen LogP contribution in [0.5, 0.6) is 0 Å². The number of nitrogens with two attached hydrogens (primary N) is 1. The average Bonchev–Trinajstić information content (AvgIpc) is 2.51. The number of rotatable bonds is 5. The molecule has 0 saturated heterocycles. The predicted octanol–water partition coefficient (Wildman–Crippen LogP) is 0.558. The summed E-state index contributed by atoms with van der Waals surface area (Å²) in [7, 11) is 0. The van der Waals surface area contributed by atoms with Crippen LogP contribution >= 0.6 is 11.3 Å². The van der Waals surface area contributed by atoms with Crippen molar-refractivity contribution in [2.45, 2.75) is 19.5 Å². The molecule has 0 amide bonds. The van der Waals surface area contributed by atoms with Crippen molar-refractivity contribution in [3.05, 3.63) is 21.9 Å². The molecule has 1 aromatic heterocycles. The van der Waals surface area contributed by atoms with Crippen LogP contribution in [0.15, 0.2) is 10.8 Å². The van der Waals surface area contributed by atoms with Gasteiger partial charge in [0.1, 0.15) is 6.04 Å². The molecule has 1 unspecified atom stereocenters. The van der Waals surface area contributed by atoms with Crippen molar-refractivity contribution >= 4 is 17.3 Å². The van der Waals surface area contributed by atoms with Crippen molar-refractivity contribution in [1.29, 1.82) is 0 Å². The van der Waals surface area contributed by atoms with Crippen LogP contribution in [0.2, 0.25) is 0 Å². The highest BCUT2D eigenvalue weighted by Crippen LogP contribution is 2.12. The van der Waals surface area contributed by atoms with Crippen LogP contribution in [0, 0.1) is 6.92 Å². The first-order valence-corrected chi connectivity index (χ1v) is 5.26. The summed E-state index contributed by atoms with van der Waals surface area (Å²) < 4.78 is 0. The van der Waals surface area contributed by atoms with Gasteiger partial charge in [0.25, 0.3) is 0 Å². The highest BCUT2D eigenvalue weighted by atomic mass is 32.1. The van der Waals surface area contributed by atoms with Crippen molar-refractivity contribution in [2.75, 3.05) is 6.54 Å². The normalized spacial score (nSPS) is 12.7. The Bertz CT molecular complexity index is 312. The van der Waals surface area contributed by atoms with Gasteiger partial charge < -0.3 is 16.2 Å². The number of thiophene rings is 1. The Labute approximate surface area is 86.7 Å². The Morgan fingerprint density at radius 1 is 1.71 bits per heavy atom. The summed E-state index contributed by atoms with van der Waals surface area (Å²) in [5.41, 5.74) is 7.76. The van der Waals surface area contributed by atoms with Gasteiger partial charge in [-0.1, -0.05) is 0 Å². The predicted molar refractivity (Wildman–Crippen MR) is 56.4 cm³/mol. The molecule has 4 nitrogen and oxygen atoms in total. The SMILES string of the molecule is Cc1cscc1CNCC(N)C(=O)O. The number of carbonyl (C=O) groups is 1. The zero-order valence-corrected chi connectivity index (χ0v) is 8.80. The lowest BCUT2D eigenvalue weighted by molar-refractivity contribution is -0.138. The molecule has 1 aromatic rings. The smallest absolute Gasteiger partial charge is 0.321 e. The second-order valence-corrected chi connectivity index (χ2v) is 3.90. The van der Waals surface area contributed by atoms with Crippen molar-refractivity contribution in [2.24, 2.45) is 5.73 Å². The molecule has 0 fully saturated rings. The van der Waals surface area contributed by atoms with E-state index >= 15 is 0 Å². The maximum Gasteiger partial charge on any atom is 0.321 e. The summed E-state index contributed by atoms with van der Waals surface area (Å²) in [6.07, 6.45) is 0. The van der Waals surface area contributed by atoms with Crippen molar-refractivity contribution in [1.82, 2.24) is 5.32 Å². The molecule has 0 aliphatic carbocycles. The van der Waals surface area contributed by atoms with E-state index in [1.807, 2.05) is 6.92 Å². The molecule has 0 bridgehead atoms. The zero-order valence-electron chi connectivity index (χ0n) is 7.99. The van der Waals surface area contributed by atoms with Crippen molar-refractivity contribution < 1.29 is 9.90 Å². The molecule has 0 spiro atoms. The highest BCUT2D eigenvalue weighted by Gasteiger charge is 2.10. The molecule has 0 aliphatic rings. The first-order chi connectivity index (χ1) is 6.61. The van der Waals surface area contributed by atoms with Crippen LogP contribution < -0.4 is 11.1 Å². The van der Waals surface area contributed by atoms with E-state index in [0.717, 1.165) is 0 Å². The van der Waals surface area contributed by atoms with Crippen LogP contribution in [0.3, 0.4) is 0 Å². The quantitative estimate of drug-likeness (QED) is 0.669. The third-order valence-corrected chi connectivity index (χ3v) is 2.87. The first kappa shape index (κ1) is 11.2. The van der Waals surface area contributed by atoms with Gasteiger partial charge in [-0.15, -0.1) is 0 Å². The molecular weight excluding hydrogens is 200 g/mol. The number of carboxylic acids is 1. The molecule has 4 N–H and O–H groups in total. The molecule has 1 heterocycles. The standard InChI is InChI=1S/C9H14N2O2S/c1-6-4-14-5-7(6)2-11-3-8(10)9(12)13/h4-5,8,11H,2-3,10H2,1H3,(H,12,13). The summed E-state index contributed by atoms with van der Waals surface area (Å²) >= 11 is 1.64. The maximum atomic E-state index is 10.4. The van der Waals surface area contributed by atoms with Gasteiger partial charge in [-0.25, -0.2) is 0 Å². The second kappa shape index (κ2) is 5.09. The summed E-state index contributed by atoms with van der Waals surface area (Å²) in [5.74, 6) is -0.973. The number of carboxylic acid groups (broad SMARTS) is 1. The Balaban J connectivity index is 2.29. The number of aryl methyl sites for hydroxylation is 1. The Kier molecular flexibility index (Phi) is 4.06. The number of hydrogen-bond donors (Lipinski definition) is 3. The third kappa shape index (κ3) is 3.10. The lowest BCUT2D eigenvalue weighted by atomic mass is 10.2. The summed E-state index contributed by atoms with van der Waals surface area (Å²) in [6.45, 7) is 3.01. The van der Waals surface area contributed by atoms with Crippen molar-refractivity contribution in [3.8, 4) is 0 Å². The van der Waals surface area contributed by atoms with Crippen LogP contribution in [0.4, 0.5) is 0 Å². The van der Waals surface area contributed by atoms with Gasteiger partial charge in [-0.2, -0.15) is 11.3 Å². The van der Waals surface area contributed by atoms with Gasteiger partial charge in [-0.05, 0) is 28.8 Å². The van der Waals surface area contributed by atoms with Gasteiger partial charge in [0.05, 0.1) is 0 Å². The minimum Gasteiger partial charge on any atom is -0.480 e. The lowest BCUT2D eigenvalue weighted by Crippen LogP contribution is -2.40. The molecule has 78 valence electrons. The maximum absolute atomic E-state index is 10.4. The average molecular weight is 214 g/mol. The van der Waals surface area contributed by atoms with E-state index in [4.69, 9.17) is 10.8 Å². The van der Waals surface area contributed by atoms with Gasteiger partial charge in [0, 0.05) is 13.1 Å². The number of aliphatic carboxylic acids is 1. The first-order valence-electron chi connectivity index (χ1n) is 4.32. The fraction of sp³-hybridized carbons (Fsp3) is 0.444. The summed E-state index contributed by atoms with van der Waals surface area (Å²) in [4.78, 5) is 10.4. The van der Waals surface area contributed by atoms with Crippen LogP contribution in [-0.2, 0) is 11.3 Å². The van der Waals surface area contributed by atoms with Gasteiger partial charge in [0.15, 0.2) is 0 Å². The largest absolute Gasteiger partial charge is 0.480 e. The molecule has 5 heteroatoms. The zero-order chi connectivity index (χ0) is 10.6. The number of hydrogen-bond acceptors (Lipinski definition) is 4. The lowest BCUT2D eigenvalue weighted by Gasteiger charge is -2.07. The van der Waals surface area contributed by atoms with Crippen LogP contribution in [0.1, 0.15) is 11.1 Å². The highest BCUT2D eigenvalue weighted by molar-refractivity contribution is 7.08. The van der Waals surface area contributed by atoms with E-state index < -0.39 is 12.0 Å².